The molecule has 0 fully saturated rings. The SMILES string of the molecule is CCCCCCCCCC=CC=CC=CC=CC=CC=CC(=O)NC(C)OC(=O)c1cccc(Cc2ccccc2)c1. The van der Waals surface area contributed by atoms with E-state index in [1.165, 1.54) is 56.6 Å². The zero-order valence-corrected chi connectivity index (χ0v) is 25.3. The Morgan fingerprint density at radius 1 is 0.714 bits per heavy atom. The molecule has 0 aliphatic carbocycles. The Kier molecular flexibility index (Phi) is 18.2. The first-order chi connectivity index (χ1) is 20.6. The molecule has 0 saturated heterocycles. The monoisotopic (exact) mass is 565 g/mol. The van der Waals surface area contributed by atoms with Gasteiger partial charge in [-0.05, 0) is 49.4 Å². The van der Waals surface area contributed by atoms with Gasteiger partial charge in [-0.2, -0.15) is 0 Å². The van der Waals surface area contributed by atoms with Crippen LogP contribution in [0.1, 0.15) is 86.7 Å². The van der Waals surface area contributed by atoms with E-state index in [1.807, 2.05) is 78.9 Å². The van der Waals surface area contributed by atoms with Gasteiger partial charge in [0.2, 0.25) is 5.91 Å². The van der Waals surface area contributed by atoms with Crippen molar-refractivity contribution in [2.24, 2.45) is 0 Å². The van der Waals surface area contributed by atoms with E-state index in [9.17, 15) is 9.59 Å². The van der Waals surface area contributed by atoms with Gasteiger partial charge in [0.1, 0.15) is 0 Å². The summed E-state index contributed by atoms with van der Waals surface area (Å²) < 4.78 is 5.40. The van der Waals surface area contributed by atoms with Gasteiger partial charge in [0.25, 0.3) is 0 Å². The molecule has 4 heteroatoms. The van der Waals surface area contributed by atoms with Crippen LogP contribution < -0.4 is 5.32 Å². The van der Waals surface area contributed by atoms with Crippen molar-refractivity contribution < 1.29 is 14.3 Å². The quantitative estimate of drug-likeness (QED) is 0.0607. The Bertz CT molecular complexity index is 1220. The predicted octanol–water partition coefficient (Wildman–Crippen LogP) is 9.37. The van der Waals surface area contributed by atoms with Crippen LogP contribution in [-0.4, -0.2) is 18.1 Å². The van der Waals surface area contributed by atoms with Crippen LogP contribution in [0.15, 0.2) is 128 Å². The average Bonchev–Trinajstić information content (AvgIpc) is 2.99. The standard InChI is InChI=1S/C38H47NO3/c1-3-4-5-6-7-8-9-10-11-12-13-14-15-16-17-18-19-20-24-30-37(40)39-33(2)42-38(41)36-29-25-28-35(32-36)31-34-26-22-21-23-27-34/h11-30,32-33H,3-10,31H2,1-2H3,(H,39,40). The van der Waals surface area contributed by atoms with Crippen molar-refractivity contribution in [3.63, 3.8) is 0 Å². The van der Waals surface area contributed by atoms with E-state index >= 15 is 0 Å². The fourth-order valence-electron chi connectivity index (χ4n) is 4.20. The fraction of sp³-hybridized carbons (Fsp3) is 0.316. The van der Waals surface area contributed by atoms with Crippen LogP contribution in [0, 0.1) is 0 Å². The number of rotatable bonds is 19. The maximum absolute atomic E-state index is 12.6. The smallest absolute Gasteiger partial charge is 0.340 e. The normalized spacial score (nSPS) is 12.9. The van der Waals surface area contributed by atoms with Crippen molar-refractivity contribution in [3.05, 3.63) is 144 Å². The highest BCUT2D eigenvalue weighted by atomic mass is 16.6. The lowest BCUT2D eigenvalue weighted by atomic mass is 10.0. The highest BCUT2D eigenvalue weighted by Crippen LogP contribution is 2.13. The van der Waals surface area contributed by atoms with Gasteiger partial charge in [0.15, 0.2) is 6.23 Å². The molecular weight excluding hydrogens is 518 g/mol. The lowest BCUT2D eigenvalue weighted by Crippen LogP contribution is -2.35. The number of amides is 1. The molecule has 2 aromatic carbocycles. The number of allylic oxidation sites excluding steroid dienone is 11. The highest BCUT2D eigenvalue weighted by molar-refractivity contribution is 5.91. The molecule has 1 N–H and O–H groups in total. The number of ether oxygens (including phenoxy) is 1. The maximum Gasteiger partial charge on any atom is 0.340 e. The minimum absolute atomic E-state index is 0.341. The molecule has 42 heavy (non-hydrogen) atoms. The van der Waals surface area contributed by atoms with Gasteiger partial charge in [-0.3, -0.25) is 4.79 Å². The first kappa shape index (κ1) is 34.0. The Balaban J connectivity index is 1.60. The van der Waals surface area contributed by atoms with Gasteiger partial charge in [-0.15, -0.1) is 0 Å². The van der Waals surface area contributed by atoms with E-state index in [4.69, 9.17) is 4.74 Å². The average molecular weight is 566 g/mol. The molecule has 1 atom stereocenters. The summed E-state index contributed by atoms with van der Waals surface area (Å²) in [5.41, 5.74) is 2.64. The van der Waals surface area contributed by atoms with Crippen molar-refractivity contribution in [3.8, 4) is 0 Å². The fourth-order valence-corrected chi connectivity index (χ4v) is 4.20. The van der Waals surface area contributed by atoms with Gasteiger partial charge in [0, 0.05) is 6.08 Å². The molecule has 0 bridgehead atoms. The van der Waals surface area contributed by atoms with Gasteiger partial charge in [-0.1, -0.05) is 155 Å². The predicted molar refractivity (Wildman–Crippen MR) is 176 cm³/mol. The van der Waals surface area contributed by atoms with Crippen molar-refractivity contribution >= 4 is 11.9 Å². The number of hydrogen-bond donors (Lipinski definition) is 1. The molecule has 0 saturated carbocycles. The van der Waals surface area contributed by atoms with E-state index in [0.29, 0.717) is 5.56 Å². The molecule has 0 aromatic heterocycles. The van der Waals surface area contributed by atoms with Crippen LogP contribution in [0.5, 0.6) is 0 Å². The largest absolute Gasteiger partial charge is 0.438 e. The van der Waals surface area contributed by atoms with Crippen LogP contribution in [0.2, 0.25) is 0 Å². The summed E-state index contributed by atoms with van der Waals surface area (Å²) in [6.45, 7) is 3.88. The van der Waals surface area contributed by atoms with E-state index in [-0.39, 0.29) is 5.91 Å². The third-order valence-electron chi connectivity index (χ3n) is 6.40. The van der Waals surface area contributed by atoms with Crippen molar-refractivity contribution in [1.82, 2.24) is 5.32 Å². The Labute approximate surface area is 253 Å². The molecule has 0 heterocycles. The summed E-state index contributed by atoms with van der Waals surface area (Å²) in [7, 11) is 0. The number of carbonyl (C=O) groups is 2. The maximum atomic E-state index is 12.6. The zero-order valence-electron chi connectivity index (χ0n) is 25.3. The Hall–Kier alpha value is -4.18. The molecule has 2 aromatic rings. The second kappa shape index (κ2) is 22.5. The van der Waals surface area contributed by atoms with Crippen molar-refractivity contribution in [2.45, 2.75) is 77.9 Å². The second-order valence-corrected chi connectivity index (χ2v) is 10.2. The molecule has 0 aliphatic heterocycles. The lowest BCUT2D eigenvalue weighted by molar-refractivity contribution is -0.119. The summed E-state index contributed by atoms with van der Waals surface area (Å²) in [4.78, 5) is 24.7. The first-order valence-corrected chi connectivity index (χ1v) is 15.2. The first-order valence-electron chi connectivity index (χ1n) is 15.2. The van der Waals surface area contributed by atoms with Crippen molar-refractivity contribution in [2.75, 3.05) is 0 Å². The van der Waals surface area contributed by atoms with Gasteiger partial charge < -0.3 is 10.1 Å². The highest BCUT2D eigenvalue weighted by Gasteiger charge is 2.13. The summed E-state index contributed by atoms with van der Waals surface area (Å²) in [6, 6.07) is 17.4. The molecule has 1 amide bonds. The lowest BCUT2D eigenvalue weighted by Gasteiger charge is -2.14. The number of esters is 1. The molecule has 222 valence electrons. The molecule has 0 aliphatic rings. The number of unbranched alkanes of at least 4 members (excludes halogenated alkanes) is 7. The Morgan fingerprint density at radius 2 is 1.31 bits per heavy atom. The molecule has 2 rings (SSSR count). The van der Waals surface area contributed by atoms with E-state index < -0.39 is 12.2 Å². The minimum atomic E-state index is -0.760. The van der Waals surface area contributed by atoms with Crippen LogP contribution in [0.4, 0.5) is 0 Å². The van der Waals surface area contributed by atoms with Crippen LogP contribution in [0.3, 0.4) is 0 Å². The second-order valence-electron chi connectivity index (χ2n) is 10.2. The van der Waals surface area contributed by atoms with Crippen LogP contribution in [0.25, 0.3) is 0 Å². The number of carbonyl (C=O) groups excluding carboxylic acids is 2. The van der Waals surface area contributed by atoms with Gasteiger partial charge in [-0.25, -0.2) is 4.79 Å². The molecule has 0 radical (unpaired) electrons. The summed E-state index contributed by atoms with van der Waals surface area (Å²) >= 11 is 0. The van der Waals surface area contributed by atoms with Gasteiger partial charge in [0.05, 0.1) is 5.56 Å². The number of nitrogens with one attached hydrogen (secondary N) is 1. The third kappa shape index (κ3) is 16.8. The van der Waals surface area contributed by atoms with Crippen molar-refractivity contribution in [1.29, 1.82) is 0 Å². The summed E-state index contributed by atoms with van der Waals surface area (Å²) in [6.07, 6.45) is 33.3. The zero-order chi connectivity index (χ0) is 30.1. The van der Waals surface area contributed by atoms with E-state index in [1.54, 1.807) is 25.1 Å². The molecule has 0 spiro atoms. The third-order valence-corrected chi connectivity index (χ3v) is 6.40. The topological polar surface area (TPSA) is 55.4 Å². The van der Waals surface area contributed by atoms with Gasteiger partial charge >= 0.3 is 5.97 Å². The molecule has 1 unspecified atom stereocenters. The van der Waals surface area contributed by atoms with E-state index in [2.05, 4.69) is 36.5 Å². The summed E-state index contributed by atoms with van der Waals surface area (Å²) in [5, 5.41) is 2.65. The van der Waals surface area contributed by atoms with Crippen LogP contribution >= 0.6 is 0 Å². The van der Waals surface area contributed by atoms with Crippen LogP contribution in [-0.2, 0) is 16.0 Å². The molecular formula is C38H47NO3. The van der Waals surface area contributed by atoms with E-state index in [0.717, 1.165) is 18.4 Å². The Morgan fingerprint density at radius 3 is 2.00 bits per heavy atom. The number of hydrogen-bond acceptors (Lipinski definition) is 3. The number of benzene rings is 2. The minimum Gasteiger partial charge on any atom is -0.438 e. The molecule has 4 nitrogen and oxygen atoms in total. The summed E-state index contributed by atoms with van der Waals surface area (Å²) in [5.74, 6) is -0.819.